The number of carboxylic acid groups (broad SMARTS) is 1. The first kappa shape index (κ1) is 18.7. The molecule has 0 saturated heterocycles. The Morgan fingerprint density at radius 2 is 1.65 bits per heavy atom. The molecule has 23 heavy (non-hydrogen) atoms. The van der Waals surface area contributed by atoms with Crippen molar-refractivity contribution in [2.45, 2.75) is 40.7 Å². The Morgan fingerprint density at radius 1 is 1.09 bits per heavy atom. The van der Waals surface area contributed by atoms with Gasteiger partial charge in [-0.3, -0.25) is 9.59 Å². The maximum Gasteiger partial charge on any atom is 0.326 e. The maximum atomic E-state index is 12.4. The quantitative estimate of drug-likeness (QED) is 0.777. The van der Waals surface area contributed by atoms with Crippen LogP contribution in [0.5, 0.6) is 0 Å². The molecule has 126 valence electrons. The first-order valence-corrected chi connectivity index (χ1v) is 7.48. The van der Waals surface area contributed by atoms with Crippen LogP contribution in [0.1, 0.15) is 45.0 Å². The van der Waals surface area contributed by atoms with Crippen molar-refractivity contribution in [3.8, 4) is 0 Å². The SMILES string of the molecule is CC(C)[C@@H](NC(=O)c1ccccc1NC(=O)C(C)(C)C)C(=O)O. The van der Waals surface area contributed by atoms with Gasteiger partial charge in [0.1, 0.15) is 6.04 Å². The van der Waals surface area contributed by atoms with Crippen molar-refractivity contribution in [1.82, 2.24) is 5.32 Å². The van der Waals surface area contributed by atoms with Crippen LogP contribution < -0.4 is 10.6 Å². The van der Waals surface area contributed by atoms with Crippen molar-refractivity contribution in [3.63, 3.8) is 0 Å². The minimum Gasteiger partial charge on any atom is -0.480 e. The largest absolute Gasteiger partial charge is 0.480 e. The lowest BCUT2D eigenvalue weighted by Gasteiger charge is -2.21. The second kappa shape index (κ2) is 7.26. The number of amides is 2. The van der Waals surface area contributed by atoms with Crippen molar-refractivity contribution in [1.29, 1.82) is 0 Å². The fourth-order valence-electron chi connectivity index (χ4n) is 1.83. The van der Waals surface area contributed by atoms with Crippen LogP contribution in [0.4, 0.5) is 5.69 Å². The first-order chi connectivity index (χ1) is 10.5. The molecule has 0 spiro atoms. The molecule has 0 saturated carbocycles. The van der Waals surface area contributed by atoms with E-state index in [1.807, 2.05) is 0 Å². The third-order valence-corrected chi connectivity index (χ3v) is 3.32. The van der Waals surface area contributed by atoms with E-state index in [1.54, 1.807) is 58.9 Å². The second-order valence-electron chi connectivity index (χ2n) is 6.78. The van der Waals surface area contributed by atoms with Crippen molar-refractivity contribution in [2.75, 3.05) is 5.32 Å². The average Bonchev–Trinajstić information content (AvgIpc) is 2.43. The summed E-state index contributed by atoms with van der Waals surface area (Å²) >= 11 is 0. The van der Waals surface area contributed by atoms with E-state index in [0.717, 1.165) is 0 Å². The summed E-state index contributed by atoms with van der Waals surface area (Å²) in [5.41, 5.74) is -0.0136. The summed E-state index contributed by atoms with van der Waals surface area (Å²) in [5.74, 6) is -2.11. The highest BCUT2D eigenvalue weighted by molar-refractivity contribution is 6.05. The minimum atomic E-state index is -1.09. The van der Waals surface area contributed by atoms with Gasteiger partial charge in [-0.15, -0.1) is 0 Å². The van der Waals surface area contributed by atoms with Crippen LogP contribution in [0.3, 0.4) is 0 Å². The lowest BCUT2D eigenvalue weighted by atomic mass is 9.95. The third kappa shape index (κ3) is 5.09. The zero-order chi connectivity index (χ0) is 17.8. The van der Waals surface area contributed by atoms with Gasteiger partial charge in [-0.1, -0.05) is 46.8 Å². The van der Waals surface area contributed by atoms with Gasteiger partial charge < -0.3 is 15.7 Å². The van der Waals surface area contributed by atoms with Gasteiger partial charge in [0.25, 0.3) is 5.91 Å². The highest BCUT2D eigenvalue weighted by Crippen LogP contribution is 2.20. The van der Waals surface area contributed by atoms with Gasteiger partial charge in [0.05, 0.1) is 11.3 Å². The summed E-state index contributed by atoms with van der Waals surface area (Å²) in [4.78, 5) is 35.7. The molecule has 0 aliphatic carbocycles. The van der Waals surface area contributed by atoms with Crippen LogP contribution in [-0.2, 0) is 9.59 Å². The fourth-order valence-corrected chi connectivity index (χ4v) is 1.83. The zero-order valence-electron chi connectivity index (χ0n) is 14.1. The van der Waals surface area contributed by atoms with Gasteiger partial charge >= 0.3 is 5.97 Å². The Bertz CT molecular complexity index is 603. The second-order valence-corrected chi connectivity index (χ2v) is 6.78. The first-order valence-electron chi connectivity index (χ1n) is 7.48. The predicted octanol–water partition coefficient (Wildman–Crippen LogP) is 2.51. The van der Waals surface area contributed by atoms with E-state index in [0.29, 0.717) is 5.69 Å². The van der Waals surface area contributed by atoms with Crippen molar-refractivity contribution >= 4 is 23.5 Å². The van der Waals surface area contributed by atoms with Crippen molar-refractivity contribution < 1.29 is 19.5 Å². The molecule has 0 radical (unpaired) electrons. The van der Waals surface area contributed by atoms with Crippen LogP contribution >= 0.6 is 0 Å². The van der Waals surface area contributed by atoms with Crippen LogP contribution in [0.15, 0.2) is 24.3 Å². The molecule has 0 bridgehead atoms. The molecule has 0 heterocycles. The minimum absolute atomic E-state index is 0.226. The normalized spacial score (nSPS) is 12.6. The Kier molecular flexibility index (Phi) is 5.90. The molecule has 6 nitrogen and oxygen atoms in total. The van der Waals surface area contributed by atoms with E-state index < -0.39 is 23.3 Å². The maximum absolute atomic E-state index is 12.4. The number of hydrogen-bond acceptors (Lipinski definition) is 3. The average molecular weight is 320 g/mol. The molecule has 2 amide bonds. The van der Waals surface area contributed by atoms with Crippen LogP contribution in [0.25, 0.3) is 0 Å². The number of hydrogen-bond donors (Lipinski definition) is 3. The summed E-state index contributed by atoms with van der Waals surface area (Å²) in [6.07, 6.45) is 0. The molecule has 0 aliphatic rings. The molecular weight excluding hydrogens is 296 g/mol. The van der Waals surface area contributed by atoms with Gasteiger partial charge in [0.2, 0.25) is 5.91 Å². The molecule has 3 N–H and O–H groups in total. The topological polar surface area (TPSA) is 95.5 Å². The molecular formula is C17H24N2O4. The number of aliphatic carboxylic acids is 1. The molecule has 1 aromatic carbocycles. The molecule has 1 rings (SSSR count). The fraction of sp³-hybridized carbons (Fsp3) is 0.471. The van der Waals surface area contributed by atoms with E-state index in [4.69, 9.17) is 0 Å². The number of benzene rings is 1. The Morgan fingerprint density at radius 3 is 2.13 bits per heavy atom. The number of para-hydroxylation sites is 1. The standard InChI is InChI=1S/C17H24N2O4/c1-10(2)13(15(21)22)19-14(20)11-8-6-7-9-12(11)18-16(23)17(3,4)5/h6-10,13H,1-5H3,(H,18,23)(H,19,20)(H,21,22)/t13-/m1/s1. The molecule has 6 heteroatoms. The van der Waals surface area contributed by atoms with Gasteiger partial charge in [-0.05, 0) is 18.1 Å². The Balaban J connectivity index is 3.02. The summed E-state index contributed by atoms with van der Waals surface area (Å²) in [7, 11) is 0. The monoisotopic (exact) mass is 320 g/mol. The number of anilines is 1. The van der Waals surface area contributed by atoms with E-state index in [1.165, 1.54) is 0 Å². The highest BCUT2D eigenvalue weighted by Gasteiger charge is 2.26. The Hall–Kier alpha value is -2.37. The molecule has 0 aromatic heterocycles. The van der Waals surface area contributed by atoms with Crippen molar-refractivity contribution in [3.05, 3.63) is 29.8 Å². The lowest BCUT2D eigenvalue weighted by molar-refractivity contribution is -0.140. The third-order valence-electron chi connectivity index (χ3n) is 3.32. The predicted molar refractivity (Wildman–Crippen MR) is 88.3 cm³/mol. The zero-order valence-corrected chi connectivity index (χ0v) is 14.1. The summed E-state index contributed by atoms with van der Waals surface area (Å²) in [6, 6.07) is 5.53. The number of carbonyl (C=O) groups is 3. The van der Waals surface area contributed by atoms with Crippen LogP contribution in [0.2, 0.25) is 0 Å². The summed E-state index contributed by atoms with van der Waals surface area (Å²) in [6.45, 7) is 8.73. The molecule has 0 fully saturated rings. The number of rotatable bonds is 5. The molecule has 1 atom stereocenters. The van der Waals surface area contributed by atoms with Gasteiger partial charge in [-0.2, -0.15) is 0 Å². The molecule has 0 unspecified atom stereocenters. The lowest BCUT2D eigenvalue weighted by Crippen LogP contribution is -2.44. The highest BCUT2D eigenvalue weighted by atomic mass is 16.4. The van der Waals surface area contributed by atoms with Crippen molar-refractivity contribution in [2.24, 2.45) is 11.3 Å². The molecule has 0 aliphatic heterocycles. The van der Waals surface area contributed by atoms with Gasteiger partial charge in [0, 0.05) is 5.41 Å². The number of nitrogens with one attached hydrogen (secondary N) is 2. The van der Waals surface area contributed by atoms with Crippen LogP contribution in [0, 0.1) is 11.3 Å². The van der Waals surface area contributed by atoms with E-state index in [-0.39, 0.29) is 17.4 Å². The van der Waals surface area contributed by atoms with E-state index in [9.17, 15) is 19.5 Å². The molecule has 1 aromatic rings. The number of carbonyl (C=O) groups excluding carboxylic acids is 2. The number of carboxylic acids is 1. The summed E-state index contributed by atoms with van der Waals surface area (Å²) < 4.78 is 0. The van der Waals surface area contributed by atoms with Gasteiger partial charge in [-0.25, -0.2) is 4.79 Å². The van der Waals surface area contributed by atoms with Crippen LogP contribution in [-0.4, -0.2) is 28.9 Å². The van der Waals surface area contributed by atoms with E-state index in [2.05, 4.69) is 10.6 Å². The van der Waals surface area contributed by atoms with E-state index >= 15 is 0 Å². The Labute approximate surface area is 136 Å². The smallest absolute Gasteiger partial charge is 0.326 e. The summed E-state index contributed by atoms with van der Waals surface area (Å²) in [5, 5.41) is 14.4. The van der Waals surface area contributed by atoms with Gasteiger partial charge in [0.15, 0.2) is 0 Å².